The number of benzene rings is 2. The molecule has 1 N–H and O–H groups in total. The average molecular weight is 433 g/mol. The summed E-state index contributed by atoms with van der Waals surface area (Å²) in [5.41, 5.74) is 2.40. The molecule has 3 aromatic rings. The highest BCUT2D eigenvalue weighted by Crippen LogP contribution is 2.32. The van der Waals surface area contributed by atoms with Crippen LogP contribution < -0.4 is 10.9 Å². The van der Waals surface area contributed by atoms with Crippen LogP contribution >= 0.6 is 0 Å². The predicted octanol–water partition coefficient (Wildman–Crippen LogP) is 3.79. The van der Waals surface area contributed by atoms with Gasteiger partial charge in [0, 0.05) is 24.2 Å². The van der Waals surface area contributed by atoms with E-state index in [2.05, 4.69) is 54.3 Å². The Bertz CT molecular complexity index is 1160. The molecular formula is C26H32N4O2. The first-order chi connectivity index (χ1) is 15.5. The van der Waals surface area contributed by atoms with E-state index in [1.165, 1.54) is 4.68 Å². The van der Waals surface area contributed by atoms with Crippen molar-refractivity contribution >= 4 is 16.7 Å². The van der Waals surface area contributed by atoms with Gasteiger partial charge in [-0.1, -0.05) is 63.2 Å². The monoisotopic (exact) mass is 432 g/mol. The maximum atomic E-state index is 13.0. The Balaban J connectivity index is 1.62. The lowest BCUT2D eigenvalue weighted by Crippen LogP contribution is -2.48. The van der Waals surface area contributed by atoms with E-state index in [0.29, 0.717) is 0 Å². The minimum atomic E-state index is -0.258. The van der Waals surface area contributed by atoms with E-state index in [1.807, 2.05) is 24.3 Å². The van der Waals surface area contributed by atoms with Gasteiger partial charge in [-0.25, -0.2) is 4.68 Å². The number of hydrogen-bond acceptors (Lipinski definition) is 4. The van der Waals surface area contributed by atoms with Crippen molar-refractivity contribution in [3.8, 4) is 11.1 Å². The SMILES string of the molecule is CCN1CCC[C@H](NC(=O)Cn2nc(C(C)C)c(-c3cccc4ccccc34)cc2=O)C1. The van der Waals surface area contributed by atoms with Crippen molar-refractivity contribution < 1.29 is 4.79 Å². The minimum Gasteiger partial charge on any atom is -0.350 e. The lowest BCUT2D eigenvalue weighted by Gasteiger charge is -2.32. The molecule has 2 aromatic carbocycles. The van der Waals surface area contributed by atoms with Crippen LogP contribution in [0.1, 0.15) is 45.2 Å². The first kappa shape index (κ1) is 22.2. The van der Waals surface area contributed by atoms with Crippen molar-refractivity contribution in [1.29, 1.82) is 0 Å². The molecule has 1 atom stereocenters. The molecule has 6 nitrogen and oxygen atoms in total. The zero-order chi connectivity index (χ0) is 22.7. The van der Waals surface area contributed by atoms with Crippen LogP contribution in [0.3, 0.4) is 0 Å². The molecule has 1 saturated heterocycles. The number of piperidine rings is 1. The Morgan fingerprint density at radius 2 is 1.94 bits per heavy atom. The molecule has 1 aromatic heterocycles. The summed E-state index contributed by atoms with van der Waals surface area (Å²) in [6.07, 6.45) is 2.05. The van der Waals surface area contributed by atoms with E-state index in [4.69, 9.17) is 0 Å². The standard InChI is InChI=1S/C26H32N4O2/c1-4-29-14-8-11-20(16-29)27-24(31)17-30-25(32)15-23(26(28-30)18(2)3)22-13-7-10-19-9-5-6-12-21(19)22/h5-7,9-10,12-13,15,18,20H,4,8,11,14,16-17H2,1-3H3,(H,27,31)/t20-/m0/s1. The Morgan fingerprint density at radius 1 is 1.16 bits per heavy atom. The van der Waals surface area contributed by atoms with Crippen molar-refractivity contribution in [3.63, 3.8) is 0 Å². The first-order valence-corrected chi connectivity index (χ1v) is 11.6. The topological polar surface area (TPSA) is 67.2 Å². The maximum Gasteiger partial charge on any atom is 0.267 e. The molecule has 2 heterocycles. The Labute approximate surface area is 189 Å². The zero-order valence-electron chi connectivity index (χ0n) is 19.2. The van der Waals surface area contributed by atoms with Crippen LogP contribution in [0.5, 0.6) is 0 Å². The van der Waals surface area contributed by atoms with Gasteiger partial charge in [0.1, 0.15) is 6.54 Å². The summed E-state index contributed by atoms with van der Waals surface area (Å²) in [4.78, 5) is 28.0. The van der Waals surface area contributed by atoms with E-state index in [-0.39, 0.29) is 30.0 Å². The van der Waals surface area contributed by atoms with Gasteiger partial charge >= 0.3 is 0 Å². The normalized spacial score (nSPS) is 17.1. The van der Waals surface area contributed by atoms with E-state index >= 15 is 0 Å². The minimum absolute atomic E-state index is 0.0585. The third kappa shape index (κ3) is 4.75. The van der Waals surface area contributed by atoms with Gasteiger partial charge in [-0.15, -0.1) is 0 Å². The highest BCUT2D eigenvalue weighted by Gasteiger charge is 2.21. The fourth-order valence-electron chi connectivity index (χ4n) is 4.59. The molecule has 0 spiro atoms. The van der Waals surface area contributed by atoms with Gasteiger partial charge in [0.15, 0.2) is 0 Å². The van der Waals surface area contributed by atoms with Crippen LogP contribution in [0.15, 0.2) is 53.3 Å². The molecule has 0 unspecified atom stereocenters. The van der Waals surface area contributed by atoms with Crippen molar-refractivity contribution in [1.82, 2.24) is 20.0 Å². The molecule has 4 rings (SSSR count). The molecule has 1 aliphatic heterocycles. The summed E-state index contributed by atoms with van der Waals surface area (Å²) in [7, 11) is 0. The Kier molecular flexibility index (Phi) is 6.70. The molecular weight excluding hydrogens is 400 g/mol. The van der Waals surface area contributed by atoms with Crippen LogP contribution in [0.2, 0.25) is 0 Å². The van der Waals surface area contributed by atoms with Gasteiger partial charge in [0.05, 0.1) is 5.69 Å². The van der Waals surface area contributed by atoms with Crippen LogP contribution in [0, 0.1) is 0 Å². The molecule has 0 aliphatic carbocycles. The second-order valence-corrected chi connectivity index (χ2v) is 8.92. The zero-order valence-corrected chi connectivity index (χ0v) is 19.2. The maximum absolute atomic E-state index is 13.0. The van der Waals surface area contributed by atoms with Crippen molar-refractivity contribution in [2.75, 3.05) is 19.6 Å². The van der Waals surface area contributed by atoms with Gasteiger partial charge in [-0.05, 0) is 48.2 Å². The van der Waals surface area contributed by atoms with E-state index in [1.54, 1.807) is 6.07 Å². The van der Waals surface area contributed by atoms with E-state index in [9.17, 15) is 9.59 Å². The van der Waals surface area contributed by atoms with Gasteiger partial charge in [0.2, 0.25) is 5.91 Å². The van der Waals surface area contributed by atoms with Crippen molar-refractivity contribution in [2.45, 2.75) is 52.1 Å². The summed E-state index contributed by atoms with van der Waals surface area (Å²) < 4.78 is 1.31. The summed E-state index contributed by atoms with van der Waals surface area (Å²) in [5.74, 6) is -0.0505. The number of likely N-dealkylation sites (tertiary alicyclic amines) is 1. The predicted molar refractivity (Wildman–Crippen MR) is 129 cm³/mol. The quantitative estimate of drug-likeness (QED) is 0.644. The molecule has 0 saturated carbocycles. The van der Waals surface area contributed by atoms with Gasteiger partial charge in [0.25, 0.3) is 5.56 Å². The summed E-state index contributed by atoms with van der Waals surface area (Å²) in [5, 5.41) is 9.96. The average Bonchev–Trinajstić information content (AvgIpc) is 2.79. The molecule has 0 bridgehead atoms. The Hall–Kier alpha value is -2.99. The smallest absolute Gasteiger partial charge is 0.267 e. The number of nitrogens with zero attached hydrogens (tertiary/aromatic N) is 3. The fourth-order valence-corrected chi connectivity index (χ4v) is 4.59. The summed E-state index contributed by atoms with van der Waals surface area (Å²) in [6, 6.07) is 16.0. The number of likely N-dealkylation sites (N-methyl/N-ethyl adjacent to an activating group) is 1. The van der Waals surface area contributed by atoms with Crippen LogP contribution in [0.4, 0.5) is 0 Å². The Morgan fingerprint density at radius 3 is 2.72 bits per heavy atom. The third-order valence-corrected chi connectivity index (χ3v) is 6.26. The fraction of sp³-hybridized carbons (Fsp3) is 0.423. The number of aromatic nitrogens is 2. The van der Waals surface area contributed by atoms with Crippen LogP contribution in [-0.2, 0) is 11.3 Å². The lowest BCUT2D eigenvalue weighted by atomic mass is 9.94. The number of carbonyl (C=O) groups excluding carboxylic acids is 1. The largest absolute Gasteiger partial charge is 0.350 e. The first-order valence-electron chi connectivity index (χ1n) is 11.6. The van der Waals surface area contributed by atoms with Crippen LogP contribution in [0.25, 0.3) is 21.9 Å². The molecule has 32 heavy (non-hydrogen) atoms. The molecule has 168 valence electrons. The number of fused-ring (bicyclic) bond motifs is 1. The van der Waals surface area contributed by atoms with Gasteiger partial charge in [-0.2, -0.15) is 5.10 Å². The van der Waals surface area contributed by atoms with E-state index < -0.39 is 0 Å². The molecule has 1 amide bonds. The second-order valence-electron chi connectivity index (χ2n) is 8.92. The van der Waals surface area contributed by atoms with E-state index in [0.717, 1.165) is 60.1 Å². The number of hydrogen-bond donors (Lipinski definition) is 1. The van der Waals surface area contributed by atoms with Crippen LogP contribution in [-0.4, -0.2) is 46.3 Å². The lowest BCUT2D eigenvalue weighted by molar-refractivity contribution is -0.123. The number of rotatable bonds is 6. The highest BCUT2D eigenvalue weighted by atomic mass is 16.2. The molecule has 6 heteroatoms. The number of amides is 1. The molecule has 1 aliphatic rings. The summed E-state index contributed by atoms with van der Waals surface area (Å²) >= 11 is 0. The second kappa shape index (κ2) is 9.65. The van der Waals surface area contributed by atoms with Gasteiger partial charge in [-0.3, -0.25) is 9.59 Å². The molecule has 1 fully saturated rings. The molecule has 0 radical (unpaired) electrons. The highest BCUT2D eigenvalue weighted by molar-refractivity contribution is 5.97. The summed E-state index contributed by atoms with van der Waals surface area (Å²) in [6.45, 7) is 9.13. The number of nitrogens with one attached hydrogen (secondary N) is 1. The van der Waals surface area contributed by atoms with Gasteiger partial charge < -0.3 is 10.2 Å². The third-order valence-electron chi connectivity index (χ3n) is 6.26. The van der Waals surface area contributed by atoms with Crippen molar-refractivity contribution in [3.05, 3.63) is 64.6 Å². The van der Waals surface area contributed by atoms with Crippen molar-refractivity contribution in [2.24, 2.45) is 0 Å². The number of carbonyl (C=O) groups is 1.